The van der Waals surface area contributed by atoms with Gasteiger partial charge in [-0.05, 0) is 72.8 Å². The summed E-state index contributed by atoms with van der Waals surface area (Å²) in [5.41, 5.74) is 3.78. The first-order valence-electron chi connectivity index (χ1n) is 10.3. The van der Waals surface area contributed by atoms with Crippen molar-refractivity contribution < 1.29 is 9.59 Å². The molecule has 0 aliphatic heterocycles. The van der Waals surface area contributed by atoms with E-state index in [-0.39, 0.29) is 11.6 Å². The average Bonchev–Trinajstić information content (AvgIpc) is 2.85. The Labute approximate surface area is 204 Å². The van der Waals surface area contributed by atoms with Gasteiger partial charge in [0.15, 0.2) is 11.6 Å². The molecule has 0 aliphatic rings. The molecule has 0 aliphatic carbocycles. The van der Waals surface area contributed by atoms with E-state index in [4.69, 9.17) is 23.2 Å². The zero-order valence-corrected chi connectivity index (χ0v) is 19.8. The number of carbonyl (C=O) groups excluding carboxylic acids is 2. The molecule has 0 saturated carbocycles. The molecule has 0 spiro atoms. The Bertz CT molecular complexity index is 1150. The maximum atomic E-state index is 12.1. The van der Waals surface area contributed by atoms with Crippen LogP contribution < -0.4 is 4.90 Å². The van der Waals surface area contributed by atoms with Crippen LogP contribution in [0.25, 0.3) is 0 Å². The van der Waals surface area contributed by atoms with E-state index >= 15 is 0 Å². The van der Waals surface area contributed by atoms with E-state index in [2.05, 4.69) is 0 Å². The van der Waals surface area contributed by atoms with Gasteiger partial charge in [-0.25, -0.2) is 0 Å². The highest BCUT2D eigenvalue weighted by atomic mass is 35.5. The second kappa shape index (κ2) is 11.5. The van der Waals surface area contributed by atoms with Gasteiger partial charge in [0.2, 0.25) is 0 Å². The fraction of sp³-hybridized carbons (Fsp3) is 0.0714. The van der Waals surface area contributed by atoms with Gasteiger partial charge in [-0.2, -0.15) is 0 Å². The monoisotopic (exact) mass is 475 g/mol. The summed E-state index contributed by atoms with van der Waals surface area (Å²) >= 11 is 11.5. The van der Waals surface area contributed by atoms with E-state index in [0.717, 1.165) is 16.8 Å². The number of nitrogens with zero attached hydrogens (tertiary/aromatic N) is 1. The van der Waals surface area contributed by atoms with Crippen LogP contribution in [0.2, 0.25) is 10.0 Å². The summed E-state index contributed by atoms with van der Waals surface area (Å²) in [6.07, 6.45) is 0. The summed E-state index contributed by atoms with van der Waals surface area (Å²) in [5, 5.41) is 1.24. The minimum atomic E-state index is -0.0340. The zero-order chi connectivity index (χ0) is 23.8. The Morgan fingerprint density at radius 2 is 0.848 bits per heavy atom. The van der Waals surface area contributed by atoms with Gasteiger partial charge in [0.1, 0.15) is 0 Å². The first-order chi connectivity index (χ1) is 15.8. The minimum absolute atomic E-state index is 0.0340. The second-order valence-electron chi connectivity index (χ2n) is 7.48. The molecular formula is C28H23Cl2NO2. The van der Waals surface area contributed by atoms with Crippen LogP contribution in [0.1, 0.15) is 31.8 Å². The van der Waals surface area contributed by atoms with E-state index in [1.165, 1.54) is 0 Å². The van der Waals surface area contributed by atoms with Crippen molar-refractivity contribution in [1.82, 2.24) is 0 Å². The van der Waals surface area contributed by atoms with Gasteiger partial charge in [0, 0.05) is 52.1 Å². The summed E-state index contributed by atoms with van der Waals surface area (Å²) in [7, 11) is 3.96. The van der Waals surface area contributed by atoms with E-state index in [1.54, 1.807) is 48.5 Å². The summed E-state index contributed by atoms with van der Waals surface area (Å²) in [6.45, 7) is 0. The van der Waals surface area contributed by atoms with Gasteiger partial charge in [-0.15, -0.1) is 0 Å². The maximum Gasteiger partial charge on any atom is 0.193 e. The number of anilines is 1. The van der Waals surface area contributed by atoms with Crippen molar-refractivity contribution in [2.75, 3.05) is 19.0 Å². The Kier molecular flexibility index (Phi) is 8.42. The van der Waals surface area contributed by atoms with Gasteiger partial charge in [-0.1, -0.05) is 53.5 Å². The van der Waals surface area contributed by atoms with Crippen LogP contribution in [0.4, 0.5) is 5.69 Å². The molecule has 0 atom stereocenters. The molecule has 166 valence electrons. The van der Waals surface area contributed by atoms with Crippen molar-refractivity contribution in [1.29, 1.82) is 0 Å². The molecule has 5 heteroatoms. The SMILES string of the molecule is CN(C)c1ccc(C(=O)c2ccccc2)cc1.O=C(c1ccc(Cl)cc1)c1ccc(Cl)cc1. The lowest BCUT2D eigenvalue weighted by atomic mass is 10.0. The third-order valence-corrected chi connectivity index (χ3v) is 5.40. The highest BCUT2D eigenvalue weighted by Crippen LogP contribution is 2.17. The molecule has 0 heterocycles. The Hall–Kier alpha value is -3.40. The van der Waals surface area contributed by atoms with Crippen LogP contribution in [-0.2, 0) is 0 Å². The number of ketones is 2. The average molecular weight is 476 g/mol. The third kappa shape index (κ3) is 6.79. The molecule has 3 nitrogen and oxygen atoms in total. The van der Waals surface area contributed by atoms with Crippen LogP contribution in [-0.4, -0.2) is 25.7 Å². The predicted molar refractivity (Wildman–Crippen MR) is 137 cm³/mol. The number of carbonyl (C=O) groups is 2. The molecule has 4 aromatic rings. The molecule has 0 radical (unpaired) electrons. The van der Waals surface area contributed by atoms with Crippen LogP contribution in [0, 0.1) is 0 Å². The summed E-state index contributed by atoms with van der Waals surface area (Å²) < 4.78 is 0. The molecule has 0 bridgehead atoms. The van der Waals surface area contributed by atoms with Gasteiger partial charge < -0.3 is 4.90 Å². The van der Waals surface area contributed by atoms with Crippen molar-refractivity contribution in [2.24, 2.45) is 0 Å². The molecule has 0 aromatic heterocycles. The first-order valence-corrected chi connectivity index (χ1v) is 11.0. The van der Waals surface area contributed by atoms with Crippen molar-refractivity contribution in [2.45, 2.75) is 0 Å². The number of benzene rings is 4. The summed E-state index contributed by atoms with van der Waals surface area (Å²) in [5.74, 6) is 0.0317. The van der Waals surface area contributed by atoms with E-state index < -0.39 is 0 Å². The summed E-state index contributed by atoms with van der Waals surface area (Å²) in [4.78, 5) is 26.1. The quantitative estimate of drug-likeness (QED) is 0.286. The number of rotatable bonds is 5. The van der Waals surface area contributed by atoms with Crippen molar-refractivity contribution in [3.8, 4) is 0 Å². The Balaban J connectivity index is 0.000000186. The lowest BCUT2D eigenvalue weighted by Gasteiger charge is -2.12. The van der Waals surface area contributed by atoms with Crippen molar-refractivity contribution in [3.05, 3.63) is 135 Å². The predicted octanol–water partition coefficient (Wildman–Crippen LogP) is 7.21. The Morgan fingerprint density at radius 1 is 0.515 bits per heavy atom. The molecule has 0 saturated heterocycles. The highest BCUT2D eigenvalue weighted by Gasteiger charge is 2.09. The number of hydrogen-bond acceptors (Lipinski definition) is 3. The van der Waals surface area contributed by atoms with Gasteiger partial charge in [0.05, 0.1) is 0 Å². The summed E-state index contributed by atoms with van der Waals surface area (Å²) in [6, 6.07) is 30.6. The Morgan fingerprint density at radius 3 is 1.21 bits per heavy atom. The maximum absolute atomic E-state index is 12.1. The lowest BCUT2D eigenvalue weighted by molar-refractivity contribution is 0.103. The lowest BCUT2D eigenvalue weighted by Crippen LogP contribution is -2.09. The largest absolute Gasteiger partial charge is 0.378 e. The molecule has 0 N–H and O–H groups in total. The molecule has 0 unspecified atom stereocenters. The molecular weight excluding hydrogens is 453 g/mol. The molecule has 4 rings (SSSR count). The smallest absolute Gasteiger partial charge is 0.193 e. The third-order valence-electron chi connectivity index (χ3n) is 4.89. The van der Waals surface area contributed by atoms with E-state index in [9.17, 15) is 9.59 Å². The highest BCUT2D eigenvalue weighted by molar-refractivity contribution is 6.31. The topological polar surface area (TPSA) is 37.4 Å². The van der Waals surface area contributed by atoms with E-state index in [0.29, 0.717) is 21.2 Å². The van der Waals surface area contributed by atoms with Crippen LogP contribution in [0.3, 0.4) is 0 Å². The van der Waals surface area contributed by atoms with Crippen LogP contribution in [0.15, 0.2) is 103 Å². The van der Waals surface area contributed by atoms with Gasteiger partial charge >= 0.3 is 0 Å². The van der Waals surface area contributed by atoms with Crippen LogP contribution in [0.5, 0.6) is 0 Å². The standard InChI is InChI=1S/C15H15NO.C13H8Cl2O/c1-16(2)14-10-8-13(9-11-14)15(17)12-6-4-3-5-7-12;14-11-5-1-9(2-6-11)13(16)10-3-7-12(15)8-4-10/h3-11H,1-2H3;1-8H. The van der Waals surface area contributed by atoms with Gasteiger partial charge in [-0.3, -0.25) is 9.59 Å². The fourth-order valence-electron chi connectivity index (χ4n) is 3.04. The van der Waals surface area contributed by atoms with Crippen molar-refractivity contribution >= 4 is 40.5 Å². The molecule has 0 amide bonds. The zero-order valence-electron chi connectivity index (χ0n) is 18.3. The second-order valence-corrected chi connectivity index (χ2v) is 8.35. The first kappa shape index (κ1) is 24.2. The van der Waals surface area contributed by atoms with Crippen LogP contribution >= 0.6 is 23.2 Å². The number of hydrogen-bond donors (Lipinski definition) is 0. The van der Waals surface area contributed by atoms with Gasteiger partial charge in [0.25, 0.3) is 0 Å². The molecule has 4 aromatic carbocycles. The van der Waals surface area contributed by atoms with E-state index in [1.807, 2.05) is 73.6 Å². The number of halogens is 2. The van der Waals surface area contributed by atoms with Crippen molar-refractivity contribution in [3.63, 3.8) is 0 Å². The molecule has 0 fully saturated rings. The minimum Gasteiger partial charge on any atom is -0.378 e. The normalized spacial score (nSPS) is 10.1. The molecule has 33 heavy (non-hydrogen) atoms. The fourth-order valence-corrected chi connectivity index (χ4v) is 3.29.